The lowest BCUT2D eigenvalue weighted by atomic mass is 10.0. The number of hydrogen-bond donors (Lipinski definition) is 2. The van der Waals surface area contributed by atoms with Gasteiger partial charge in [0.25, 0.3) is 10.0 Å². The normalized spacial score (nSPS) is 11.6. The number of nitrogens with one attached hydrogen (secondary N) is 1. The van der Waals surface area contributed by atoms with Crippen LogP contribution in [0.4, 0.5) is 4.39 Å². The fraction of sp³-hybridized carbons (Fsp3) is 0.250. The van der Waals surface area contributed by atoms with E-state index in [1.165, 1.54) is 0 Å². The molecule has 0 saturated carbocycles. The Morgan fingerprint density at radius 2 is 1.62 bits per heavy atom. The van der Waals surface area contributed by atoms with Crippen molar-refractivity contribution in [3.63, 3.8) is 0 Å². The number of aryl methyl sites for hydroxylation is 1. The quantitative estimate of drug-likeness (QED) is 0.516. The van der Waals surface area contributed by atoms with Gasteiger partial charge in [0.15, 0.2) is 0 Å². The second kappa shape index (κ2) is 9.48. The number of hydrogen-bond acceptors (Lipinski definition) is 4. The number of benzene rings is 1. The van der Waals surface area contributed by atoms with E-state index >= 15 is 0 Å². The van der Waals surface area contributed by atoms with E-state index in [-0.39, 0.29) is 22.8 Å². The summed E-state index contributed by atoms with van der Waals surface area (Å²) in [6.45, 7) is 4.11. The first kappa shape index (κ1) is 23.4. The maximum absolute atomic E-state index is 13.0. The molecule has 1 aromatic carbocycles. The monoisotopic (exact) mass is 457 g/mol. The van der Waals surface area contributed by atoms with Crippen molar-refractivity contribution in [3.05, 3.63) is 77.1 Å². The van der Waals surface area contributed by atoms with Gasteiger partial charge in [0.1, 0.15) is 5.82 Å². The highest BCUT2D eigenvalue weighted by molar-refractivity contribution is 7.90. The minimum Gasteiger partial charge on any atom is -0.478 e. The topological polar surface area (TPSA) is 101 Å². The maximum atomic E-state index is 13.0. The zero-order valence-electron chi connectivity index (χ0n) is 17.8. The Kier molecular flexibility index (Phi) is 6.93. The number of aromatic carboxylic acids is 1. The average molecular weight is 458 g/mol. The third kappa shape index (κ3) is 5.31. The molecular formula is C24H24FNO5S. The number of carboxylic acid groups (broad SMARTS) is 1. The van der Waals surface area contributed by atoms with Crippen molar-refractivity contribution in [2.45, 2.75) is 43.9 Å². The summed E-state index contributed by atoms with van der Waals surface area (Å²) in [7, 11) is -4.08. The highest BCUT2D eigenvalue weighted by Crippen LogP contribution is 2.34. The molecular weight excluding hydrogens is 433 g/mol. The molecule has 3 rings (SSSR count). The molecule has 0 aliphatic heterocycles. The number of carbonyl (C=O) groups is 2. The van der Waals surface area contributed by atoms with E-state index in [1.807, 2.05) is 22.9 Å². The first-order valence-electron chi connectivity index (χ1n) is 10.2. The van der Waals surface area contributed by atoms with Crippen LogP contribution >= 0.6 is 0 Å². The van der Waals surface area contributed by atoms with Crippen molar-refractivity contribution in [2.75, 3.05) is 0 Å². The van der Waals surface area contributed by atoms with Gasteiger partial charge in [-0.25, -0.2) is 22.3 Å². The van der Waals surface area contributed by atoms with Crippen LogP contribution in [0.1, 0.15) is 54.1 Å². The van der Waals surface area contributed by atoms with Crippen LogP contribution in [0, 0.1) is 5.82 Å². The molecule has 0 heterocycles. The van der Waals surface area contributed by atoms with E-state index in [0.717, 1.165) is 41.0 Å². The summed E-state index contributed by atoms with van der Waals surface area (Å²) >= 11 is 0. The van der Waals surface area contributed by atoms with Crippen LogP contribution in [0.15, 0.2) is 59.5 Å². The van der Waals surface area contributed by atoms with Crippen molar-refractivity contribution in [1.29, 1.82) is 0 Å². The molecule has 8 heteroatoms. The third-order valence-electron chi connectivity index (χ3n) is 5.25. The van der Waals surface area contributed by atoms with Gasteiger partial charge >= 0.3 is 5.97 Å². The summed E-state index contributed by atoms with van der Waals surface area (Å²) < 4.78 is 39.5. The van der Waals surface area contributed by atoms with Gasteiger partial charge in [0.2, 0.25) is 5.91 Å². The van der Waals surface area contributed by atoms with Crippen molar-refractivity contribution in [3.8, 4) is 11.1 Å². The van der Waals surface area contributed by atoms with E-state index < -0.39 is 27.7 Å². The van der Waals surface area contributed by atoms with Crippen LogP contribution in [0.25, 0.3) is 11.1 Å². The zero-order chi connectivity index (χ0) is 23.5. The Labute approximate surface area is 186 Å². The van der Waals surface area contributed by atoms with Crippen LogP contribution in [0.5, 0.6) is 0 Å². The first-order valence-corrected chi connectivity index (χ1v) is 11.7. The summed E-state index contributed by atoms with van der Waals surface area (Å²) in [5, 5.41) is 9.57. The largest absolute Gasteiger partial charge is 0.478 e. The van der Waals surface area contributed by atoms with Gasteiger partial charge in [0.05, 0.1) is 10.5 Å². The number of carboxylic acids is 1. The van der Waals surface area contributed by atoms with Gasteiger partial charge in [-0.15, -0.1) is 0 Å². The number of carbonyl (C=O) groups excluding carboxylic acids is 1. The number of sulfonamides is 1. The summed E-state index contributed by atoms with van der Waals surface area (Å²) in [4.78, 5) is 23.7. The number of amides is 1. The van der Waals surface area contributed by atoms with Gasteiger partial charge < -0.3 is 5.11 Å². The summed E-state index contributed by atoms with van der Waals surface area (Å²) in [5.74, 6) is -2.00. The second-order valence-corrected chi connectivity index (χ2v) is 9.56. The van der Waals surface area contributed by atoms with Crippen LogP contribution < -0.4 is 4.72 Å². The van der Waals surface area contributed by atoms with Crippen LogP contribution in [0.3, 0.4) is 0 Å². The molecule has 0 radical (unpaired) electrons. The fourth-order valence-corrected chi connectivity index (χ4v) is 4.53. The van der Waals surface area contributed by atoms with E-state index in [0.29, 0.717) is 18.4 Å². The smallest absolute Gasteiger partial charge is 0.336 e. The predicted octanol–water partition coefficient (Wildman–Crippen LogP) is 4.58. The Balaban J connectivity index is 1.71. The van der Waals surface area contributed by atoms with Gasteiger partial charge in [0, 0.05) is 6.42 Å². The van der Waals surface area contributed by atoms with E-state index in [1.54, 1.807) is 12.1 Å². The minimum atomic E-state index is -4.08. The van der Waals surface area contributed by atoms with Gasteiger partial charge in [-0.3, -0.25) is 4.79 Å². The molecule has 0 spiro atoms. The van der Waals surface area contributed by atoms with Gasteiger partial charge in [-0.05, 0) is 71.3 Å². The van der Waals surface area contributed by atoms with Crippen molar-refractivity contribution in [2.24, 2.45) is 0 Å². The Morgan fingerprint density at radius 1 is 1.00 bits per heavy atom. The van der Waals surface area contributed by atoms with Crippen LogP contribution in [0.2, 0.25) is 0 Å². The van der Waals surface area contributed by atoms with E-state index in [9.17, 15) is 27.5 Å². The summed E-state index contributed by atoms with van der Waals surface area (Å²) in [6.07, 6.45) is 0.680. The third-order valence-corrected chi connectivity index (χ3v) is 6.64. The maximum Gasteiger partial charge on any atom is 0.336 e. The fourth-order valence-electron chi connectivity index (χ4n) is 3.52. The number of fused-ring (bicyclic) bond motifs is 1. The highest BCUT2D eigenvalue weighted by Gasteiger charge is 2.21. The van der Waals surface area contributed by atoms with Crippen LogP contribution in [-0.4, -0.2) is 25.4 Å². The summed E-state index contributed by atoms with van der Waals surface area (Å²) in [5.41, 5.74) is 3.49. The first-order chi connectivity index (χ1) is 15.1. The lowest BCUT2D eigenvalue weighted by Crippen LogP contribution is -2.30. The summed E-state index contributed by atoms with van der Waals surface area (Å²) in [6, 6.07) is 13.4. The Morgan fingerprint density at radius 3 is 2.22 bits per heavy atom. The Hall–Kier alpha value is -3.26. The minimum absolute atomic E-state index is 0.0638. The lowest BCUT2D eigenvalue weighted by Gasteiger charge is -2.07. The predicted molar refractivity (Wildman–Crippen MR) is 119 cm³/mol. The molecule has 6 nitrogen and oxygen atoms in total. The zero-order valence-corrected chi connectivity index (χ0v) is 18.6. The molecule has 0 atom stereocenters. The van der Waals surface area contributed by atoms with Gasteiger partial charge in [-0.1, -0.05) is 38.1 Å². The molecule has 0 fully saturated rings. The molecule has 168 valence electrons. The van der Waals surface area contributed by atoms with Gasteiger partial charge in [-0.2, -0.15) is 0 Å². The molecule has 0 unspecified atom stereocenters. The molecule has 0 bridgehead atoms. The number of halogens is 1. The number of rotatable bonds is 8. The highest BCUT2D eigenvalue weighted by atomic mass is 32.2. The van der Waals surface area contributed by atoms with Crippen molar-refractivity contribution in [1.82, 2.24) is 4.72 Å². The molecule has 2 aliphatic carbocycles. The second-order valence-electron chi connectivity index (χ2n) is 7.87. The van der Waals surface area contributed by atoms with E-state index in [4.69, 9.17) is 0 Å². The molecule has 0 saturated heterocycles. The van der Waals surface area contributed by atoms with Crippen molar-refractivity contribution >= 4 is 21.9 Å². The average Bonchev–Trinajstić information content (AvgIpc) is 2.90. The van der Waals surface area contributed by atoms with Crippen LogP contribution in [-0.2, 0) is 21.2 Å². The molecule has 1 amide bonds. The molecule has 32 heavy (non-hydrogen) atoms. The SMILES string of the molecule is CC(C)c1ccc2c(CCCC(=O)NS(=O)(=O)c3ccc(F)cc3)cc(C(=O)O)c-2cc1. The Bertz CT molecular complexity index is 1220. The van der Waals surface area contributed by atoms with E-state index in [2.05, 4.69) is 13.8 Å². The molecule has 2 N–H and O–H groups in total. The lowest BCUT2D eigenvalue weighted by molar-refractivity contribution is -0.119. The van der Waals surface area contributed by atoms with Crippen molar-refractivity contribution < 1.29 is 27.5 Å². The standard InChI is InChI=1S/C24H24FNO5S/c1-15(2)16-6-12-20-17(14-22(24(28)29)21(20)13-7-16)4-3-5-23(27)26-32(30,31)19-10-8-18(25)9-11-19/h6-15H,3-5H2,1-2H3,(H,26,27)(H,28,29). The molecule has 1 aromatic rings. The molecule has 0 aromatic heterocycles. The molecule has 2 aliphatic rings.